The second-order valence-electron chi connectivity index (χ2n) is 9.96. The number of hydrogen-bond acceptors (Lipinski definition) is 11. The summed E-state index contributed by atoms with van der Waals surface area (Å²) in [5.74, 6) is -4.37. The Morgan fingerprint density at radius 2 is 1.56 bits per heavy atom. The molecule has 0 saturated carbocycles. The van der Waals surface area contributed by atoms with Crippen LogP contribution in [0.15, 0.2) is 17.7 Å². The monoisotopic (exact) mass is 538 g/mol. The lowest BCUT2D eigenvalue weighted by Gasteiger charge is -2.45. The van der Waals surface area contributed by atoms with E-state index in [2.05, 4.69) is 0 Å². The average Bonchev–Trinajstić information content (AvgIpc) is 3.44. The van der Waals surface area contributed by atoms with Crippen molar-refractivity contribution in [2.24, 2.45) is 0 Å². The number of esters is 2. The molecule has 0 radical (unpaired) electrons. The third kappa shape index (κ3) is 3.01. The predicted octanol–water partition coefficient (Wildman–Crippen LogP) is 2.23. The second-order valence-corrected chi connectivity index (χ2v) is 9.96. The number of hydrogen-bond donors (Lipinski definition) is 3. The Labute approximate surface area is 222 Å². The Balaban J connectivity index is 1.81. The summed E-state index contributed by atoms with van der Waals surface area (Å²) in [4.78, 5) is 53.0. The molecule has 39 heavy (non-hydrogen) atoms. The number of Topliss-reactive ketones (excluding diaryl/α,β-unsaturated/α-hetero) is 1. The highest BCUT2D eigenvalue weighted by Gasteiger charge is 2.75. The van der Waals surface area contributed by atoms with E-state index in [-0.39, 0.29) is 56.9 Å². The number of ketones is 2. The number of aryl methyl sites for hydroxylation is 1. The Kier molecular flexibility index (Phi) is 5.59. The normalized spacial score (nSPS) is 24.7. The van der Waals surface area contributed by atoms with Crippen LogP contribution >= 0.6 is 0 Å². The Morgan fingerprint density at radius 3 is 2.18 bits per heavy atom. The molecule has 0 saturated heterocycles. The van der Waals surface area contributed by atoms with Crippen molar-refractivity contribution in [1.29, 1.82) is 0 Å². The lowest BCUT2D eigenvalue weighted by Crippen LogP contribution is -2.72. The van der Waals surface area contributed by atoms with Gasteiger partial charge in [-0.25, -0.2) is 9.59 Å². The summed E-state index contributed by atoms with van der Waals surface area (Å²) < 4.78 is 22.1. The van der Waals surface area contributed by atoms with Crippen molar-refractivity contribution < 1.29 is 53.4 Å². The largest absolute Gasteiger partial charge is 0.507 e. The van der Waals surface area contributed by atoms with Crippen LogP contribution in [-0.2, 0) is 25.5 Å². The number of carbonyl (C=O) groups excluding carboxylic acids is 4. The van der Waals surface area contributed by atoms with E-state index in [4.69, 9.17) is 18.9 Å². The van der Waals surface area contributed by atoms with Crippen LogP contribution in [0.2, 0.25) is 0 Å². The van der Waals surface area contributed by atoms with Gasteiger partial charge in [-0.15, -0.1) is 0 Å². The molecule has 5 rings (SSSR count). The Morgan fingerprint density at radius 1 is 0.949 bits per heavy atom. The molecule has 11 nitrogen and oxygen atoms in total. The number of aromatic hydroxyl groups is 2. The fourth-order valence-corrected chi connectivity index (χ4v) is 5.97. The lowest BCUT2D eigenvalue weighted by atomic mass is 9.65. The molecule has 2 spiro atoms. The van der Waals surface area contributed by atoms with Gasteiger partial charge < -0.3 is 34.3 Å². The van der Waals surface area contributed by atoms with Gasteiger partial charge in [-0.3, -0.25) is 9.59 Å². The van der Waals surface area contributed by atoms with Crippen molar-refractivity contribution in [2.45, 2.75) is 51.4 Å². The average molecular weight is 539 g/mol. The molecule has 11 heteroatoms. The fourth-order valence-electron chi connectivity index (χ4n) is 5.97. The zero-order valence-corrected chi connectivity index (χ0v) is 22.0. The van der Waals surface area contributed by atoms with Crippen LogP contribution in [-0.4, -0.2) is 64.2 Å². The minimum atomic E-state index is -2.47. The van der Waals surface area contributed by atoms with E-state index < -0.39 is 52.3 Å². The van der Waals surface area contributed by atoms with E-state index in [1.165, 1.54) is 33.8 Å². The van der Waals surface area contributed by atoms with Crippen LogP contribution in [0.1, 0.15) is 61.6 Å². The van der Waals surface area contributed by atoms with Gasteiger partial charge in [-0.2, -0.15) is 0 Å². The maximum atomic E-state index is 14.0. The summed E-state index contributed by atoms with van der Waals surface area (Å²) in [5.41, 5.74) is -4.38. The first-order valence-corrected chi connectivity index (χ1v) is 12.0. The maximum absolute atomic E-state index is 14.0. The van der Waals surface area contributed by atoms with Crippen LogP contribution in [0.25, 0.3) is 0 Å². The van der Waals surface area contributed by atoms with Gasteiger partial charge >= 0.3 is 11.9 Å². The molecule has 2 aromatic carbocycles. The number of phenolic OH excluding ortho intramolecular Hbond substituents is 2. The lowest BCUT2D eigenvalue weighted by molar-refractivity contribution is -0.179. The molecule has 0 unspecified atom stereocenters. The number of aliphatic hydroxyl groups excluding tert-OH is 1. The first-order chi connectivity index (χ1) is 18.3. The number of benzene rings is 2. The van der Waals surface area contributed by atoms with Crippen LogP contribution < -0.4 is 9.47 Å². The molecule has 0 amide bonds. The number of rotatable bonds is 2. The first-order valence-electron chi connectivity index (χ1n) is 12.0. The molecule has 0 bridgehead atoms. The van der Waals surface area contributed by atoms with Gasteiger partial charge in [0.25, 0.3) is 0 Å². The first kappa shape index (κ1) is 26.2. The minimum absolute atomic E-state index is 0.0338. The molecular weight excluding hydrogens is 512 g/mol. The number of methoxy groups -OCH3 is 2. The summed E-state index contributed by atoms with van der Waals surface area (Å²) >= 11 is 0. The molecule has 2 aliphatic heterocycles. The van der Waals surface area contributed by atoms with E-state index >= 15 is 0 Å². The summed E-state index contributed by atoms with van der Waals surface area (Å²) in [5, 5.41) is 33.4. The molecule has 204 valence electrons. The number of phenols is 2. The SMILES string of the molecule is COC(=O)c1c(C)c2c(c(C)c1O)O[C@@]1(C2)C(=O)C=C(C)C(=O)[C@]12Oc1c(C(=O)OC)c(C)cc(O)c1[C@H]2O. The predicted molar refractivity (Wildman–Crippen MR) is 132 cm³/mol. The molecule has 3 atom stereocenters. The smallest absolute Gasteiger partial charge is 0.341 e. The number of carbonyl (C=O) groups is 4. The van der Waals surface area contributed by atoms with Crippen molar-refractivity contribution in [3.8, 4) is 23.0 Å². The van der Waals surface area contributed by atoms with Crippen LogP contribution in [0.4, 0.5) is 0 Å². The standard InChI is InChI=1S/C28H26O11/c1-10-7-15(29)19-22(17(10)25(34)36-5)39-28(24(19)33)23(32)11(2)8-16(30)27(28)9-14-12(3)18(26(35)37-6)20(31)13(4)21(14)38-27/h7-8,24,29,31,33H,9H2,1-6H3/t24-,27+,28-/m1/s1. The molecule has 3 aliphatic rings. The highest BCUT2D eigenvalue weighted by Crippen LogP contribution is 2.60. The third-order valence-corrected chi connectivity index (χ3v) is 7.97. The van der Waals surface area contributed by atoms with Gasteiger partial charge in [0.1, 0.15) is 40.2 Å². The van der Waals surface area contributed by atoms with E-state index in [1.54, 1.807) is 0 Å². The van der Waals surface area contributed by atoms with E-state index in [0.717, 1.165) is 20.3 Å². The Hall–Kier alpha value is -4.38. The summed E-state index contributed by atoms with van der Waals surface area (Å²) in [6, 6.07) is 1.22. The van der Waals surface area contributed by atoms with Crippen molar-refractivity contribution >= 4 is 23.5 Å². The van der Waals surface area contributed by atoms with Gasteiger partial charge in [-0.05, 0) is 51.0 Å². The van der Waals surface area contributed by atoms with Crippen LogP contribution in [0, 0.1) is 20.8 Å². The van der Waals surface area contributed by atoms with Crippen molar-refractivity contribution in [2.75, 3.05) is 14.2 Å². The van der Waals surface area contributed by atoms with E-state index in [0.29, 0.717) is 5.56 Å². The third-order valence-electron chi connectivity index (χ3n) is 7.97. The summed E-state index contributed by atoms with van der Waals surface area (Å²) in [6.45, 7) is 5.88. The zero-order chi connectivity index (χ0) is 28.8. The van der Waals surface area contributed by atoms with Crippen molar-refractivity contribution in [1.82, 2.24) is 0 Å². The maximum Gasteiger partial charge on any atom is 0.341 e. The quantitative estimate of drug-likeness (QED) is 0.480. The topological polar surface area (TPSA) is 166 Å². The van der Waals surface area contributed by atoms with E-state index in [9.17, 15) is 34.5 Å². The van der Waals surface area contributed by atoms with Crippen LogP contribution in [0.5, 0.6) is 23.0 Å². The minimum Gasteiger partial charge on any atom is -0.507 e. The number of aliphatic hydroxyl groups is 1. The van der Waals surface area contributed by atoms with Gasteiger partial charge in [-0.1, -0.05) is 0 Å². The van der Waals surface area contributed by atoms with Crippen molar-refractivity contribution in [3.63, 3.8) is 0 Å². The molecular formula is C28H26O11. The summed E-state index contributed by atoms with van der Waals surface area (Å²) in [6.07, 6.45) is -1.22. The molecule has 3 N–H and O–H groups in total. The second kappa shape index (κ2) is 8.31. The van der Waals surface area contributed by atoms with Crippen LogP contribution in [0.3, 0.4) is 0 Å². The van der Waals surface area contributed by atoms with Gasteiger partial charge in [0.2, 0.25) is 22.8 Å². The molecule has 0 aromatic heterocycles. The van der Waals surface area contributed by atoms with Crippen molar-refractivity contribution in [3.05, 3.63) is 56.7 Å². The molecule has 1 aliphatic carbocycles. The number of fused-ring (bicyclic) bond motifs is 3. The Bertz CT molecular complexity index is 1570. The van der Waals surface area contributed by atoms with Gasteiger partial charge in [0, 0.05) is 23.1 Å². The van der Waals surface area contributed by atoms with Gasteiger partial charge in [0.05, 0.1) is 19.8 Å². The molecule has 2 heterocycles. The van der Waals surface area contributed by atoms with E-state index in [1.807, 2.05) is 0 Å². The number of ether oxygens (including phenoxy) is 4. The highest BCUT2D eigenvalue weighted by atomic mass is 16.6. The van der Waals surface area contributed by atoms with Gasteiger partial charge in [0.15, 0.2) is 0 Å². The molecule has 0 fully saturated rings. The fraction of sp³-hybridized carbons (Fsp3) is 0.357. The zero-order valence-electron chi connectivity index (χ0n) is 22.0. The molecule has 2 aromatic rings. The summed E-state index contributed by atoms with van der Waals surface area (Å²) in [7, 11) is 2.29. The highest BCUT2D eigenvalue weighted by molar-refractivity contribution is 6.19.